The van der Waals surface area contributed by atoms with E-state index >= 15 is 0 Å². The largest absolute Gasteiger partial charge is 0.331 e. The van der Waals surface area contributed by atoms with Gasteiger partial charge in [-0.15, -0.1) is 0 Å². The van der Waals surface area contributed by atoms with Crippen molar-refractivity contribution in [3.05, 3.63) is 29.6 Å². The Bertz CT molecular complexity index is 593. The van der Waals surface area contributed by atoms with Crippen molar-refractivity contribution < 1.29 is 4.79 Å². The van der Waals surface area contributed by atoms with E-state index in [9.17, 15) is 4.79 Å². The van der Waals surface area contributed by atoms with Gasteiger partial charge in [-0.05, 0) is 70.3 Å². The summed E-state index contributed by atoms with van der Waals surface area (Å²) in [5, 5.41) is 3.32. The molecule has 1 N–H and O–H groups in total. The minimum atomic E-state index is 0.0178. The van der Waals surface area contributed by atoms with Crippen molar-refractivity contribution in [2.45, 2.75) is 64.0 Å². The van der Waals surface area contributed by atoms with Crippen LogP contribution in [-0.4, -0.2) is 59.1 Å². The van der Waals surface area contributed by atoms with Crippen LogP contribution in [0.15, 0.2) is 18.3 Å². The van der Waals surface area contributed by atoms with E-state index in [0.29, 0.717) is 0 Å². The molecule has 1 atom stereocenters. The fraction of sp³-hybridized carbons (Fsp3) is 0.700. The van der Waals surface area contributed by atoms with E-state index in [1.807, 2.05) is 24.2 Å². The summed E-state index contributed by atoms with van der Waals surface area (Å²) in [5.41, 5.74) is 2.27. The maximum Gasteiger partial charge on any atom is 0.317 e. The maximum absolute atomic E-state index is 12.7. The molecule has 0 radical (unpaired) electrons. The molecule has 2 aliphatic rings. The number of carbonyl (C=O) groups excluding carboxylic acids is 1. The van der Waals surface area contributed by atoms with Gasteiger partial charge in [-0.2, -0.15) is 0 Å². The molecule has 25 heavy (non-hydrogen) atoms. The Hall–Kier alpha value is -1.62. The number of hydrogen-bond acceptors (Lipinski definition) is 3. The topological polar surface area (TPSA) is 48.5 Å². The van der Waals surface area contributed by atoms with E-state index in [2.05, 4.69) is 35.1 Å². The molecular formula is C20H32N4O. The van der Waals surface area contributed by atoms with Crippen LogP contribution in [-0.2, 0) is 6.42 Å². The first-order valence-corrected chi connectivity index (χ1v) is 9.66. The van der Waals surface area contributed by atoms with Gasteiger partial charge >= 0.3 is 6.03 Å². The molecule has 3 rings (SSSR count). The van der Waals surface area contributed by atoms with Gasteiger partial charge in [-0.3, -0.25) is 4.98 Å². The zero-order chi connectivity index (χ0) is 17.9. The molecule has 1 aromatic heterocycles. The Morgan fingerprint density at radius 1 is 1.36 bits per heavy atom. The first-order chi connectivity index (χ1) is 12.0. The van der Waals surface area contributed by atoms with Crippen LogP contribution in [0.2, 0.25) is 0 Å². The van der Waals surface area contributed by atoms with Crippen molar-refractivity contribution in [1.82, 2.24) is 20.1 Å². The van der Waals surface area contributed by atoms with Crippen LogP contribution in [0.25, 0.3) is 0 Å². The van der Waals surface area contributed by atoms with Crippen LogP contribution in [0.3, 0.4) is 0 Å². The molecule has 0 bridgehead atoms. The third-order valence-corrected chi connectivity index (χ3v) is 5.66. The summed E-state index contributed by atoms with van der Waals surface area (Å²) in [7, 11) is 1.90. The highest BCUT2D eigenvalue weighted by molar-refractivity contribution is 5.75. The smallest absolute Gasteiger partial charge is 0.317 e. The Labute approximate surface area is 151 Å². The summed E-state index contributed by atoms with van der Waals surface area (Å²) in [6.07, 6.45) is 8.78. The molecule has 5 heteroatoms. The monoisotopic (exact) mass is 344 g/mol. The second kappa shape index (κ2) is 7.73. The minimum absolute atomic E-state index is 0.0178. The Balaban J connectivity index is 1.51. The zero-order valence-corrected chi connectivity index (χ0v) is 15.9. The lowest BCUT2D eigenvalue weighted by atomic mass is 10.1. The molecule has 5 nitrogen and oxygen atoms in total. The number of nitrogens with one attached hydrogen (secondary N) is 1. The summed E-state index contributed by atoms with van der Waals surface area (Å²) in [6, 6.07) is 4.28. The van der Waals surface area contributed by atoms with Gasteiger partial charge in [0.25, 0.3) is 0 Å². The molecule has 1 aliphatic heterocycles. The molecule has 2 fully saturated rings. The number of hydrogen-bond donors (Lipinski definition) is 1. The number of piperidine rings is 1. The van der Waals surface area contributed by atoms with Crippen molar-refractivity contribution in [2.75, 3.05) is 26.7 Å². The van der Waals surface area contributed by atoms with Crippen LogP contribution in [0.5, 0.6) is 0 Å². The van der Waals surface area contributed by atoms with Gasteiger partial charge in [-0.25, -0.2) is 4.79 Å². The number of carbonyl (C=O) groups is 1. The fourth-order valence-corrected chi connectivity index (χ4v) is 3.68. The van der Waals surface area contributed by atoms with Crippen molar-refractivity contribution in [1.29, 1.82) is 0 Å². The molecule has 2 heterocycles. The molecule has 1 aliphatic carbocycles. The normalized spacial score (nSPS) is 20.8. The second-order valence-electron chi connectivity index (χ2n) is 8.04. The molecule has 0 spiro atoms. The first-order valence-electron chi connectivity index (χ1n) is 9.66. The fourth-order valence-electron chi connectivity index (χ4n) is 3.68. The number of amides is 2. The Morgan fingerprint density at radius 3 is 2.72 bits per heavy atom. The predicted octanol–water partition coefficient (Wildman–Crippen LogP) is 2.98. The Kier molecular flexibility index (Phi) is 5.62. The number of pyridine rings is 1. The summed E-state index contributed by atoms with van der Waals surface area (Å²) >= 11 is 0. The van der Waals surface area contributed by atoms with Gasteiger partial charge in [0.05, 0.1) is 5.54 Å². The first kappa shape index (κ1) is 18.2. The van der Waals surface area contributed by atoms with E-state index in [1.165, 1.54) is 37.9 Å². The summed E-state index contributed by atoms with van der Waals surface area (Å²) in [5.74, 6) is 0. The lowest BCUT2D eigenvalue weighted by molar-refractivity contribution is 0.170. The third-order valence-electron chi connectivity index (χ3n) is 5.66. The van der Waals surface area contributed by atoms with Crippen molar-refractivity contribution in [3.63, 3.8) is 0 Å². The number of urea groups is 1. The molecule has 0 aromatic carbocycles. The lowest BCUT2D eigenvalue weighted by Gasteiger charge is -2.33. The van der Waals surface area contributed by atoms with E-state index in [1.54, 1.807) is 0 Å². The number of nitrogens with zero attached hydrogens (tertiary/aromatic N) is 3. The van der Waals surface area contributed by atoms with E-state index in [-0.39, 0.29) is 17.6 Å². The summed E-state index contributed by atoms with van der Waals surface area (Å²) in [4.78, 5) is 21.5. The van der Waals surface area contributed by atoms with Crippen LogP contribution in [0.1, 0.15) is 50.3 Å². The number of aryl methyl sites for hydroxylation is 1. The van der Waals surface area contributed by atoms with Crippen LogP contribution < -0.4 is 5.32 Å². The van der Waals surface area contributed by atoms with Crippen molar-refractivity contribution >= 4 is 6.03 Å². The number of rotatable bonds is 6. The van der Waals surface area contributed by atoms with Gasteiger partial charge < -0.3 is 15.1 Å². The minimum Gasteiger partial charge on any atom is -0.331 e. The molecule has 1 aromatic rings. The summed E-state index contributed by atoms with van der Waals surface area (Å²) in [6.45, 7) is 7.55. The highest BCUT2D eigenvalue weighted by Gasteiger charge is 2.46. The van der Waals surface area contributed by atoms with Gasteiger partial charge in [0.15, 0.2) is 0 Å². The molecule has 2 amide bonds. The van der Waals surface area contributed by atoms with Gasteiger partial charge in [-0.1, -0.05) is 6.42 Å². The number of aromatic nitrogens is 1. The van der Waals surface area contributed by atoms with Crippen LogP contribution in [0, 0.1) is 6.92 Å². The predicted molar refractivity (Wildman–Crippen MR) is 101 cm³/mol. The highest BCUT2D eigenvalue weighted by Crippen LogP contribution is 2.37. The number of likely N-dealkylation sites (N-methyl/N-ethyl adjacent to an activating group) is 1. The van der Waals surface area contributed by atoms with Crippen LogP contribution >= 0.6 is 0 Å². The maximum atomic E-state index is 12.7. The molecule has 138 valence electrons. The standard InChI is InChI=1S/C20H32N4O/c1-16-7-10-21-18(13-16)14-17(2)23(3)19(25)22-20(8-9-20)15-24-11-5-4-6-12-24/h7,10,13,17H,4-6,8-9,11-12,14-15H2,1-3H3,(H,22,25)/t17-/m1/s1. The average Bonchev–Trinajstić information content (AvgIpc) is 3.34. The Morgan fingerprint density at radius 2 is 2.08 bits per heavy atom. The highest BCUT2D eigenvalue weighted by atomic mass is 16.2. The SMILES string of the molecule is Cc1ccnc(C[C@@H](C)N(C)C(=O)NC2(CN3CCCCC3)CC2)c1. The molecule has 0 unspecified atom stereocenters. The van der Waals surface area contributed by atoms with Crippen molar-refractivity contribution in [2.24, 2.45) is 0 Å². The quantitative estimate of drug-likeness (QED) is 0.863. The van der Waals surface area contributed by atoms with E-state index in [0.717, 1.165) is 31.5 Å². The van der Waals surface area contributed by atoms with Crippen molar-refractivity contribution in [3.8, 4) is 0 Å². The van der Waals surface area contributed by atoms with Gasteiger partial charge in [0.2, 0.25) is 0 Å². The van der Waals surface area contributed by atoms with E-state index < -0.39 is 0 Å². The van der Waals surface area contributed by atoms with E-state index in [4.69, 9.17) is 0 Å². The van der Waals surface area contributed by atoms with Crippen LogP contribution in [0.4, 0.5) is 4.79 Å². The number of likely N-dealkylation sites (tertiary alicyclic amines) is 1. The summed E-state index contributed by atoms with van der Waals surface area (Å²) < 4.78 is 0. The van der Waals surface area contributed by atoms with Gasteiger partial charge in [0, 0.05) is 37.9 Å². The zero-order valence-electron chi connectivity index (χ0n) is 15.9. The molecule has 1 saturated carbocycles. The average molecular weight is 345 g/mol. The molecular weight excluding hydrogens is 312 g/mol. The lowest BCUT2D eigenvalue weighted by Crippen LogP contribution is -2.52. The third kappa shape index (κ3) is 4.94. The second-order valence-corrected chi connectivity index (χ2v) is 8.04. The van der Waals surface area contributed by atoms with Gasteiger partial charge in [0.1, 0.15) is 0 Å². The molecule has 1 saturated heterocycles.